The summed E-state index contributed by atoms with van der Waals surface area (Å²) in [6.07, 6.45) is 5.76. The van der Waals surface area contributed by atoms with Crippen molar-refractivity contribution < 1.29 is 0 Å². The van der Waals surface area contributed by atoms with E-state index < -0.39 is 0 Å². The zero-order valence-corrected chi connectivity index (χ0v) is 7.48. The minimum atomic E-state index is 0.684. The Kier molecular flexibility index (Phi) is 5.38. The average Bonchev–Trinajstić information content (AvgIpc) is 1.89. The summed E-state index contributed by atoms with van der Waals surface area (Å²) < 4.78 is 0. The van der Waals surface area contributed by atoms with Gasteiger partial charge in [0.05, 0.1) is 0 Å². The van der Waals surface area contributed by atoms with Crippen LogP contribution in [0.15, 0.2) is 11.6 Å². The zero-order valence-electron chi connectivity index (χ0n) is 7.48. The lowest BCUT2D eigenvalue weighted by Crippen LogP contribution is -1.91. The van der Waals surface area contributed by atoms with Crippen LogP contribution >= 0.6 is 0 Å². The van der Waals surface area contributed by atoms with Gasteiger partial charge < -0.3 is 0 Å². The SMILES string of the molecule is [CH2]CC(=CCCC)C(C)C. The summed E-state index contributed by atoms with van der Waals surface area (Å²) in [5.74, 6) is 0.684. The number of hydrogen-bond donors (Lipinski definition) is 0. The molecule has 0 spiro atoms. The standard InChI is InChI=1S/C10H19/c1-5-7-8-10(6-2)9(3)4/h8-9H,2,5-7H2,1,3-4H3. The van der Waals surface area contributed by atoms with E-state index in [9.17, 15) is 0 Å². The fraction of sp³-hybridized carbons (Fsp3) is 0.700. The van der Waals surface area contributed by atoms with Gasteiger partial charge in [0.1, 0.15) is 0 Å². The highest BCUT2D eigenvalue weighted by molar-refractivity contribution is 5.05. The van der Waals surface area contributed by atoms with Gasteiger partial charge in [0, 0.05) is 0 Å². The van der Waals surface area contributed by atoms with E-state index in [4.69, 9.17) is 0 Å². The second-order valence-electron chi connectivity index (χ2n) is 2.97. The number of allylic oxidation sites excluding steroid dienone is 2. The monoisotopic (exact) mass is 139 g/mol. The largest absolute Gasteiger partial charge is 0.0851 e. The molecule has 0 nitrogen and oxygen atoms in total. The van der Waals surface area contributed by atoms with E-state index in [1.54, 1.807) is 0 Å². The molecular weight excluding hydrogens is 120 g/mol. The average molecular weight is 139 g/mol. The minimum absolute atomic E-state index is 0.684. The molecule has 0 heterocycles. The van der Waals surface area contributed by atoms with Gasteiger partial charge in [0.15, 0.2) is 0 Å². The third kappa shape index (κ3) is 3.71. The summed E-state index contributed by atoms with van der Waals surface area (Å²) >= 11 is 0. The van der Waals surface area contributed by atoms with Crippen LogP contribution in [-0.4, -0.2) is 0 Å². The van der Waals surface area contributed by atoms with Crippen molar-refractivity contribution in [3.8, 4) is 0 Å². The molecule has 10 heavy (non-hydrogen) atoms. The molecule has 0 atom stereocenters. The topological polar surface area (TPSA) is 0 Å². The number of rotatable bonds is 4. The van der Waals surface area contributed by atoms with Crippen molar-refractivity contribution in [1.82, 2.24) is 0 Å². The molecule has 0 unspecified atom stereocenters. The van der Waals surface area contributed by atoms with Crippen LogP contribution in [0.1, 0.15) is 40.0 Å². The quantitative estimate of drug-likeness (QED) is 0.522. The number of unbranched alkanes of at least 4 members (excludes halogenated alkanes) is 1. The van der Waals surface area contributed by atoms with Crippen LogP contribution in [0, 0.1) is 12.8 Å². The lowest BCUT2D eigenvalue weighted by atomic mass is 9.99. The Morgan fingerprint density at radius 3 is 2.40 bits per heavy atom. The van der Waals surface area contributed by atoms with Gasteiger partial charge in [-0.05, 0) is 25.7 Å². The molecular formula is C10H19. The fourth-order valence-electron chi connectivity index (χ4n) is 0.956. The van der Waals surface area contributed by atoms with Crippen LogP contribution < -0.4 is 0 Å². The molecule has 0 aliphatic rings. The minimum Gasteiger partial charge on any atom is -0.0851 e. The molecule has 59 valence electrons. The predicted octanol–water partition coefficient (Wildman–Crippen LogP) is 3.59. The third-order valence-electron chi connectivity index (χ3n) is 1.73. The van der Waals surface area contributed by atoms with Crippen molar-refractivity contribution >= 4 is 0 Å². The van der Waals surface area contributed by atoms with Gasteiger partial charge in [0.25, 0.3) is 0 Å². The molecule has 0 aliphatic carbocycles. The van der Waals surface area contributed by atoms with E-state index in [0.717, 1.165) is 6.42 Å². The molecule has 0 aromatic rings. The first-order valence-corrected chi connectivity index (χ1v) is 4.20. The Morgan fingerprint density at radius 2 is 2.10 bits per heavy atom. The molecule has 0 bridgehead atoms. The van der Waals surface area contributed by atoms with E-state index >= 15 is 0 Å². The van der Waals surface area contributed by atoms with E-state index in [2.05, 4.69) is 33.8 Å². The highest BCUT2D eigenvalue weighted by Gasteiger charge is 1.97. The fourth-order valence-corrected chi connectivity index (χ4v) is 0.956. The summed E-state index contributed by atoms with van der Waals surface area (Å²) in [5.41, 5.74) is 1.50. The smallest absolute Gasteiger partial charge is 0.0260 e. The Hall–Kier alpha value is -0.260. The molecule has 1 radical (unpaired) electrons. The van der Waals surface area contributed by atoms with Gasteiger partial charge in [-0.3, -0.25) is 0 Å². The normalized spacial score (nSPS) is 12.7. The first-order chi connectivity index (χ1) is 4.72. The first-order valence-electron chi connectivity index (χ1n) is 4.20. The summed E-state index contributed by atoms with van der Waals surface area (Å²) in [6.45, 7) is 10.6. The van der Waals surface area contributed by atoms with Gasteiger partial charge in [-0.1, -0.05) is 38.8 Å². The molecule has 0 fully saturated rings. The van der Waals surface area contributed by atoms with Crippen LogP contribution in [0.25, 0.3) is 0 Å². The van der Waals surface area contributed by atoms with Crippen molar-refractivity contribution in [2.75, 3.05) is 0 Å². The van der Waals surface area contributed by atoms with Gasteiger partial charge >= 0.3 is 0 Å². The highest BCUT2D eigenvalue weighted by atomic mass is 14.0. The summed E-state index contributed by atoms with van der Waals surface area (Å²) in [6, 6.07) is 0. The van der Waals surface area contributed by atoms with Gasteiger partial charge in [-0.15, -0.1) is 0 Å². The second kappa shape index (κ2) is 5.52. The molecule has 0 aromatic carbocycles. The Balaban J connectivity index is 3.79. The predicted molar refractivity (Wildman–Crippen MR) is 47.8 cm³/mol. The second-order valence-corrected chi connectivity index (χ2v) is 2.97. The molecule has 0 aliphatic heterocycles. The van der Waals surface area contributed by atoms with Crippen molar-refractivity contribution in [2.45, 2.75) is 40.0 Å². The molecule has 0 amide bonds. The lowest BCUT2D eigenvalue weighted by Gasteiger charge is -2.07. The summed E-state index contributed by atoms with van der Waals surface area (Å²) in [5, 5.41) is 0. The van der Waals surface area contributed by atoms with E-state index in [1.165, 1.54) is 18.4 Å². The number of hydrogen-bond acceptors (Lipinski definition) is 0. The molecule has 0 rings (SSSR count). The van der Waals surface area contributed by atoms with Crippen molar-refractivity contribution in [2.24, 2.45) is 5.92 Å². The van der Waals surface area contributed by atoms with Crippen LogP contribution in [0.5, 0.6) is 0 Å². The van der Waals surface area contributed by atoms with Gasteiger partial charge in [0.2, 0.25) is 0 Å². The Labute approximate surface area is 65.3 Å². The van der Waals surface area contributed by atoms with Crippen LogP contribution in [-0.2, 0) is 0 Å². The van der Waals surface area contributed by atoms with Crippen molar-refractivity contribution in [3.63, 3.8) is 0 Å². The van der Waals surface area contributed by atoms with Crippen LogP contribution in [0.2, 0.25) is 0 Å². The molecule has 0 saturated carbocycles. The van der Waals surface area contributed by atoms with Gasteiger partial charge in [-0.2, -0.15) is 0 Å². The lowest BCUT2D eigenvalue weighted by molar-refractivity contribution is 0.735. The van der Waals surface area contributed by atoms with E-state index in [1.807, 2.05) is 0 Å². The summed E-state index contributed by atoms with van der Waals surface area (Å²) in [7, 11) is 0. The van der Waals surface area contributed by atoms with E-state index in [0.29, 0.717) is 5.92 Å². The maximum Gasteiger partial charge on any atom is -0.0260 e. The van der Waals surface area contributed by atoms with Crippen LogP contribution in [0.3, 0.4) is 0 Å². The zero-order chi connectivity index (χ0) is 7.98. The molecule has 0 aromatic heterocycles. The van der Waals surface area contributed by atoms with Gasteiger partial charge in [-0.25, -0.2) is 0 Å². The highest BCUT2D eigenvalue weighted by Crippen LogP contribution is 2.13. The Morgan fingerprint density at radius 1 is 1.50 bits per heavy atom. The first kappa shape index (κ1) is 9.74. The maximum absolute atomic E-state index is 3.89. The third-order valence-corrected chi connectivity index (χ3v) is 1.73. The molecule has 0 N–H and O–H groups in total. The van der Waals surface area contributed by atoms with Crippen molar-refractivity contribution in [3.05, 3.63) is 18.6 Å². The summed E-state index contributed by atoms with van der Waals surface area (Å²) in [4.78, 5) is 0. The van der Waals surface area contributed by atoms with Crippen LogP contribution in [0.4, 0.5) is 0 Å². The van der Waals surface area contributed by atoms with E-state index in [-0.39, 0.29) is 0 Å². The maximum atomic E-state index is 3.89. The molecule has 0 heteroatoms. The molecule has 0 saturated heterocycles. The van der Waals surface area contributed by atoms with Crippen molar-refractivity contribution in [1.29, 1.82) is 0 Å². The Bertz CT molecular complexity index is 98.6.